The summed E-state index contributed by atoms with van der Waals surface area (Å²) in [5, 5.41) is 3.05. The molecule has 1 aliphatic heterocycles. The van der Waals surface area contributed by atoms with Gasteiger partial charge in [-0.2, -0.15) is 15.0 Å². The Morgan fingerprint density at radius 3 is 2.29 bits per heavy atom. The summed E-state index contributed by atoms with van der Waals surface area (Å²) in [6.07, 6.45) is 3.74. The summed E-state index contributed by atoms with van der Waals surface area (Å²) in [6.45, 7) is 8.71. The first-order valence-electron chi connectivity index (χ1n) is 7.94. The summed E-state index contributed by atoms with van der Waals surface area (Å²) in [5.41, 5.74) is 0. The van der Waals surface area contributed by atoms with E-state index in [1.165, 1.54) is 19.3 Å². The topological polar surface area (TPSA) is 57.2 Å². The Bertz CT molecular complexity index is 455. The maximum atomic E-state index is 4.70. The van der Waals surface area contributed by atoms with E-state index in [0.717, 1.165) is 25.0 Å². The standard InChI is InChI=1S/C15H28N6/c1-11(2)12(3)20(5)14-17-13(16-4)18-15(19-14)21-9-7-6-8-10-21/h11-12H,6-10H2,1-5H3,(H,16,17,18,19). The van der Waals surface area contributed by atoms with E-state index < -0.39 is 0 Å². The van der Waals surface area contributed by atoms with E-state index >= 15 is 0 Å². The molecule has 0 amide bonds. The minimum Gasteiger partial charge on any atom is -0.357 e. The van der Waals surface area contributed by atoms with Crippen molar-refractivity contribution in [1.82, 2.24) is 15.0 Å². The molecule has 0 bridgehead atoms. The van der Waals surface area contributed by atoms with Crippen LogP contribution in [0.25, 0.3) is 0 Å². The number of rotatable bonds is 5. The molecule has 0 saturated carbocycles. The quantitative estimate of drug-likeness (QED) is 0.899. The van der Waals surface area contributed by atoms with E-state index in [4.69, 9.17) is 4.98 Å². The molecule has 1 aromatic rings. The Hall–Kier alpha value is -1.59. The van der Waals surface area contributed by atoms with Gasteiger partial charge in [0, 0.05) is 33.2 Å². The summed E-state index contributed by atoms with van der Waals surface area (Å²) in [6, 6.07) is 0.381. The number of aromatic nitrogens is 3. The third kappa shape index (κ3) is 3.74. The molecule has 1 atom stereocenters. The van der Waals surface area contributed by atoms with Crippen molar-refractivity contribution >= 4 is 17.8 Å². The number of hydrogen-bond acceptors (Lipinski definition) is 6. The van der Waals surface area contributed by atoms with Crippen LogP contribution in [-0.4, -0.2) is 48.2 Å². The molecule has 2 heterocycles. The van der Waals surface area contributed by atoms with Crippen molar-refractivity contribution in [2.24, 2.45) is 5.92 Å². The van der Waals surface area contributed by atoms with Gasteiger partial charge in [0.1, 0.15) is 0 Å². The zero-order valence-corrected chi connectivity index (χ0v) is 13.9. The van der Waals surface area contributed by atoms with Crippen LogP contribution in [0.4, 0.5) is 17.8 Å². The molecule has 6 heteroatoms. The summed E-state index contributed by atoms with van der Waals surface area (Å²) >= 11 is 0. The smallest absolute Gasteiger partial charge is 0.231 e. The van der Waals surface area contributed by atoms with Crippen molar-refractivity contribution in [3.63, 3.8) is 0 Å². The van der Waals surface area contributed by atoms with Crippen LogP contribution in [0.15, 0.2) is 0 Å². The van der Waals surface area contributed by atoms with Gasteiger partial charge in [0.2, 0.25) is 17.8 Å². The molecule has 0 radical (unpaired) electrons. The molecule has 2 rings (SSSR count). The molecule has 6 nitrogen and oxygen atoms in total. The number of hydrogen-bond donors (Lipinski definition) is 1. The molecule has 0 spiro atoms. The molecule has 21 heavy (non-hydrogen) atoms. The highest BCUT2D eigenvalue weighted by molar-refractivity contribution is 5.45. The fourth-order valence-electron chi connectivity index (χ4n) is 2.49. The zero-order valence-electron chi connectivity index (χ0n) is 13.9. The maximum Gasteiger partial charge on any atom is 0.231 e. The summed E-state index contributed by atoms with van der Waals surface area (Å²) in [4.78, 5) is 18.1. The fraction of sp³-hybridized carbons (Fsp3) is 0.800. The third-order valence-corrected chi connectivity index (χ3v) is 4.37. The summed E-state index contributed by atoms with van der Waals surface area (Å²) in [5.74, 6) is 2.73. The van der Waals surface area contributed by atoms with Crippen molar-refractivity contribution < 1.29 is 0 Å². The van der Waals surface area contributed by atoms with E-state index in [2.05, 4.69) is 52.9 Å². The van der Waals surface area contributed by atoms with Crippen molar-refractivity contribution in [3.05, 3.63) is 0 Å². The van der Waals surface area contributed by atoms with Crippen LogP contribution in [-0.2, 0) is 0 Å². The molecule has 0 aliphatic carbocycles. The van der Waals surface area contributed by atoms with Crippen LogP contribution in [0.1, 0.15) is 40.0 Å². The number of piperidine rings is 1. The number of nitrogens with one attached hydrogen (secondary N) is 1. The Morgan fingerprint density at radius 1 is 1.05 bits per heavy atom. The van der Waals surface area contributed by atoms with E-state index in [1.807, 2.05) is 7.05 Å². The van der Waals surface area contributed by atoms with Crippen LogP contribution in [0.3, 0.4) is 0 Å². The van der Waals surface area contributed by atoms with Gasteiger partial charge in [-0.1, -0.05) is 13.8 Å². The molecule has 118 valence electrons. The lowest BCUT2D eigenvalue weighted by atomic mass is 10.1. The highest BCUT2D eigenvalue weighted by Gasteiger charge is 2.20. The molecule has 1 aliphatic rings. The predicted octanol–water partition coefficient (Wildman–Crippen LogP) is 2.38. The maximum absolute atomic E-state index is 4.70. The van der Waals surface area contributed by atoms with E-state index in [1.54, 1.807) is 0 Å². The summed E-state index contributed by atoms with van der Waals surface area (Å²) < 4.78 is 0. The van der Waals surface area contributed by atoms with Gasteiger partial charge in [0.15, 0.2) is 0 Å². The van der Waals surface area contributed by atoms with Crippen LogP contribution in [0.2, 0.25) is 0 Å². The normalized spacial score (nSPS) is 17.0. The minimum absolute atomic E-state index is 0.381. The van der Waals surface area contributed by atoms with Gasteiger partial charge >= 0.3 is 0 Å². The second-order valence-electron chi connectivity index (χ2n) is 6.15. The molecule has 1 aromatic heterocycles. The van der Waals surface area contributed by atoms with Gasteiger partial charge in [0.05, 0.1) is 0 Å². The second kappa shape index (κ2) is 6.91. The average molecular weight is 292 g/mol. The van der Waals surface area contributed by atoms with Crippen molar-refractivity contribution in [1.29, 1.82) is 0 Å². The average Bonchev–Trinajstić information content (AvgIpc) is 2.53. The first-order chi connectivity index (χ1) is 10.0. The Kier molecular flexibility index (Phi) is 5.20. The van der Waals surface area contributed by atoms with E-state index in [0.29, 0.717) is 17.9 Å². The first kappa shape index (κ1) is 15.8. The lowest BCUT2D eigenvalue weighted by Gasteiger charge is -2.30. The molecular formula is C15H28N6. The largest absolute Gasteiger partial charge is 0.357 e. The molecule has 0 aromatic carbocycles. The zero-order chi connectivity index (χ0) is 15.4. The number of nitrogens with zero attached hydrogens (tertiary/aromatic N) is 5. The van der Waals surface area contributed by atoms with Gasteiger partial charge in [0.25, 0.3) is 0 Å². The SMILES string of the molecule is CNc1nc(N2CCCCC2)nc(N(C)C(C)C(C)C)n1. The molecule has 1 fully saturated rings. The van der Waals surface area contributed by atoms with Gasteiger partial charge in [-0.05, 0) is 32.1 Å². The predicted molar refractivity (Wildman–Crippen MR) is 88.1 cm³/mol. The highest BCUT2D eigenvalue weighted by atomic mass is 15.4. The molecule has 1 saturated heterocycles. The fourth-order valence-corrected chi connectivity index (χ4v) is 2.49. The minimum atomic E-state index is 0.381. The van der Waals surface area contributed by atoms with Gasteiger partial charge in [-0.15, -0.1) is 0 Å². The first-order valence-corrected chi connectivity index (χ1v) is 7.94. The lowest BCUT2D eigenvalue weighted by Crippen LogP contribution is -2.36. The Balaban J connectivity index is 2.28. The van der Waals surface area contributed by atoms with Gasteiger partial charge < -0.3 is 15.1 Å². The van der Waals surface area contributed by atoms with Crippen LogP contribution < -0.4 is 15.1 Å². The summed E-state index contributed by atoms with van der Waals surface area (Å²) in [7, 11) is 3.91. The van der Waals surface area contributed by atoms with Crippen molar-refractivity contribution in [3.8, 4) is 0 Å². The van der Waals surface area contributed by atoms with Crippen LogP contribution >= 0.6 is 0 Å². The van der Waals surface area contributed by atoms with Crippen LogP contribution in [0, 0.1) is 5.92 Å². The third-order valence-electron chi connectivity index (χ3n) is 4.37. The van der Waals surface area contributed by atoms with Crippen LogP contribution in [0.5, 0.6) is 0 Å². The monoisotopic (exact) mass is 292 g/mol. The highest BCUT2D eigenvalue weighted by Crippen LogP contribution is 2.21. The second-order valence-corrected chi connectivity index (χ2v) is 6.15. The molecule has 1 unspecified atom stereocenters. The van der Waals surface area contributed by atoms with Crippen molar-refractivity contribution in [2.75, 3.05) is 42.3 Å². The van der Waals surface area contributed by atoms with Crippen molar-refractivity contribution in [2.45, 2.75) is 46.1 Å². The van der Waals surface area contributed by atoms with Gasteiger partial charge in [-0.25, -0.2) is 0 Å². The molecular weight excluding hydrogens is 264 g/mol. The Morgan fingerprint density at radius 2 is 1.71 bits per heavy atom. The lowest BCUT2D eigenvalue weighted by molar-refractivity contribution is 0.498. The van der Waals surface area contributed by atoms with E-state index in [-0.39, 0.29) is 0 Å². The van der Waals surface area contributed by atoms with Gasteiger partial charge in [-0.3, -0.25) is 0 Å². The number of anilines is 3. The molecule has 1 N–H and O–H groups in total. The van der Waals surface area contributed by atoms with E-state index in [9.17, 15) is 0 Å². The Labute approximate surface area is 128 Å².